The van der Waals surface area contributed by atoms with E-state index in [9.17, 15) is 4.79 Å². The smallest absolute Gasteiger partial charge is 0.257 e. The van der Waals surface area contributed by atoms with Crippen molar-refractivity contribution in [2.24, 2.45) is 0 Å². The third kappa shape index (κ3) is 1.78. The van der Waals surface area contributed by atoms with Crippen LogP contribution in [0.1, 0.15) is 37.4 Å². The fraction of sp³-hybridized carbons (Fsp3) is 0.312. The lowest BCUT2D eigenvalue weighted by Gasteiger charge is -2.12. The van der Waals surface area contributed by atoms with Gasteiger partial charge in [0.2, 0.25) is 0 Å². The van der Waals surface area contributed by atoms with E-state index >= 15 is 0 Å². The van der Waals surface area contributed by atoms with E-state index < -0.39 is 0 Å². The van der Waals surface area contributed by atoms with Crippen LogP contribution in [-0.2, 0) is 0 Å². The predicted molar refractivity (Wildman–Crippen MR) is 73.9 cm³/mol. The Balaban J connectivity index is 2.17. The van der Waals surface area contributed by atoms with Gasteiger partial charge in [-0.05, 0) is 44.2 Å². The topological polar surface area (TPSA) is 22.0 Å². The summed E-state index contributed by atoms with van der Waals surface area (Å²) in [6.07, 6.45) is 6.41. The van der Waals surface area contributed by atoms with Crippen LogP contribution in [0.2, 0.25) is 0 Å². The molecule has 0 spiro atoms. The van der Waals surface area contributed by atoms with Crippen molar-refractivity contribution < 1.29 is 6.17 Å². The standard InChI is InChI=1S/C16H17NO/c1-12-11-17(15-10-6-5-9-14(12)15)16(18)13-7-3-2-4-8-13/h5-7,9-11H,2-4,8H2,1H3/i11D. The number of hydrogen-bond acceptors (Lipinski definition) is 1. The van der Waals surface area contributed by atoms with Gasteiger partial charge in [0.25, 0.3) is 5.91 Å². The zero-order chi connectivity index (χ0) is 13.4. The third-order valence-corrected chi connectivity index (χ3v) is 3.60. The minimum absolute atomic E-state index is 0.0194. The molecule has 1 aromatic heterocycles. The van der Waals surface area contributed by atoms with Gasteiger partial charge in [0.1, 0.15) is 0 Å². The molecule has 2 nitrogen and oxygen atoms in total. The van der Waals surface area contributed by atoms with E-state index in [0.29, 0.717) is 6.17 Å². The maximum absolute atomic E-state index is 12.6. The van der Waals surface area contributed by atoms with Crippen molar-refractivity contribution in [2.75, 3.05) is 0 Å². The van der Waals surface area contributed by atoms with Gasteiger partial charge in [-0.3, -0.25) is 9.36 Å². The molecule has 0 aliphatic heterocycles. The van der Waals surface area contributed by atoms with Crippen LogP contribution in [0.4, 0.5) is 0 Å². The van der Waals surface area contributed by atoms with Crippen molar-refractivity contribution in [3.05, 3.63) is 47.7 Å². The lowest BCUT2D eigenvalue weighted by atomic mass is 9.99. The number of aryl methyl sites for hydroxylation is 1. The van der Waals surface area contributed by atoms with E-state index in [4.69, 9.17) is 1.37 Å². The van der Waals surface area contributed by atoms with Crippen molar-refractivity contribution in [3.8, 4) is 0 Å². The van der Waals surface area contributed by atoms with E-state index in [1.807, 2.05) is 37.3 Å². The molecule has 3 rings (SSSR count). The summed E-state index contributed by atoms with van der Waals surface area (Å²) in [6.45, 7) is 1.91. The average Bonchev–Trinajstić information content (AvgIpc) is 2.72. The first-order valence-corrected chi connectivity index (χ1v) is 6.50. The Morgan fingerprint density at radius 3 is 2.94 bits per heavy atom. The van der Waals surface area contributed by atoms with Crippen LogP contribution in [0.15, 0.2) is 42.1 Å². The van der Waals surface area contributed by atoms with Crippen molar-refractivity contribution in [1.29, 1.82) is 0 Å². The highest BCUT2D eigenvalue weighted by Crippen LogP contribution is 2.24. The molecule has 0 saturated carbocycles. The summed E-state index contributed by atoms with van der Waals surface area (Å²) in [4.78, 5) is 12.6. The van der Waals surface area contributed by atoms with Crippen LogP contribution in [-0.4, -0.2) is 10.5 Å². The van der Waals surface area contributed by atoms with Crippen molar-refractivity contribution in [3.63, 3.8) is 0 Å². The van der Waals surface area contributed by atoms with Crippen LogP contribution >= 0.6 is 0 Å². The SMILES string of the molecule is [2H]c1c(C)c2ccccc2n1C(=O)C1=CCCCC1. The van der Waals surface area contributed by atoms with Gasteiger partial charge < -0.3 is 0 Å². The highest BCUT2D eigenvalue weighted by molar-refractivity contribution is 6.02. The molecule has 18 heavy (non-hydrogen) atoms. The van der Waals surface area contributed by atoms with E-state index in [1.54, 1.807) is 4.57 Å². The molecule has 0 amide bonds. The maximum Gasteiger partial charge on any atom is 0.257 e. The van der Waals surface area contributed by atoms with Crippen LogP contribution in [0.25, 0.3) is 10.9 Å². The number of carbonyl (C=O) groups is 1. The molecule has 1 heterocycles. The van der Waals surface area contributed by atoms with Gasteiger partial charge in [-0.25, -0.2) is 0 Å². The first-order valence-electron chi connectivity index (χ1n) is 7.00. The number of aromatic nitrogens is 1. The van der Waals surface area contributed by atoms with Gasteiger partial charge in [0.05, 0.1) is 6.89 Å². The normalized spacial score (nSPS) is 16.5. The summed E-state index contributed by atoms with van der Waals surface area (Å²) in [6, 6.07) is 7.76. The lowest BCUT2D eigenvalue weighted by Crippen LogP contribution is -2.13. The number of fused-ring (bicyclic) bond motifs is 1. The number of allylic oxidation sites excluding steroid dienone is 2. The summed E-state index contributed by atoms with van der Waals surface area (Å²) in [5, 5.41) is 0.997. The number of hydrogen-bond donors (Lipinski definition) is 0. The second-order valence-corrected chi connectivity index (χ2v) is 4.87. The van der Waals surface area contributed by atoms with Crippen molar-refractivity contribution in [2.45, 2.75) is 32.6 Å². The molecule has 0 atom stereocenters. The molecule has 1 aromatic carbocycles. The molecular weight excluding hydrogens is 222 g/mol. The summed E-state index contributed by atoms with van der Waals surface area (Å²) >= 11 is 0. The molecule has 0 N–H and O–H groups in total. The molecule has 0 bridgehead atoms. The number of nitrogens with zero attached hydrogens (tertiary/aromatic N) is 1. The second-order valence-electron chi connectivity index (χ2n) is 4.87. The summed E-state index contributed by atoms with van der Waals surface area (Å²) < 4.78 is 9.74. The second kappa shape index (κ2) is 4.45. The summed E-state index contributed by atoms with van der Waals surface area (Å²) in [5.74, 6) is -0.0194. The Labute approximate surface area is 108 Å². The maximum atomic E-state index is 12.6. The predicted octanol–water partition coefficient (Wildman–Crippen LogP) is 4.09. The number of benzene rings is 1. The zero-order valence-electron chi connectivity index (χ0n) is 11.6. The molecule has 0 radical (unpaired) electrons. The summed E-state index contributed by atoms with van der Waals surface area (Å²) in [7, 11) is 0. The Bertz CT molecular complexity index is 681. The van der Waals surface area contributed by atoms with Crippen LogP contribution in [0.5, 0.6) is 0 Å². The molecule has 92 valence electrons. The molecular formula is C16H17NO. The van der Waals surface area contributed by atoms with Crippen LogP contribution in [0.3, 0.4) is 0 Å². The van der Waals surface area contributed by atoms with Gasteiger partial charge >= 0.3 is 0 Å². The molecule has 1 aliphatic rings. The van der Waals surface area contributed by atoms with E-state index in [0.717, 1.165) is 47.7 Å². The first kappa shape index (κ1) is 10.1. The summed E-state index contributed by atoms with van der Waals surface area (Å²) in [5.41, 5.74) is 2.59. The minimum Gasteiger partial charge on any atom is -0.283 e. The minimum atomic E-state index is -0.0194. The fourth-order valence-corrected chi connectivity index (χ4v) is 2.61. The zero-order valence-corrected chi connectivity index (χ0v) is 10.6. The Hall–Kier alpha value is -1.83. The number of rotatable bonds is 1. The first-order chi connectivity index (χ1) is 9.20. The van der Waals surface area contributed by atoms with Gasteiger partial charge in [0, 0.05) is 17.1 Å². The monoisotopic (exact) mass is 240 g/mol. The molecule has 0 fully saturated rings. The third-order valence-electron chi connectivity index (χ3n) is 3.60. The van der Waals surface area contributed by atoms with E-state index in [1.165, 1.54) is 0 Å². The molecule has 1 aliphatic carbocycles. The van der Waals surface area contributed by atoms with Gasteiger partial charge in [-0.1, -0.05) is 24.3 Å². The largest absolute Gasteiger partial charge is 0.283 e. The van der Waals surface area contributed by atoms with E-state index in [2.05, 4.69) is 0 Å². The average molecular weight is 240 g/mol. The lowest BCUT2D eigenvalue weighted by molar-refractivity contribution is 0.0954. The van der Waals surface area contributed by atoms with Crippen LogP contribution in [0, 0.1) is 6.92 Å². The highest BCUT2D eigenvalue weighted by atomic mass is 16.2. The Morgan fingerprint density at radius 1 is 1.33 bits per heavy atom. The van der Waals surface area contributed by atoms with Crippen molar-refractivity contribution >= 4 is 16.8 Å². The molecule has 0 unspecified atom stereocenters. The van der Waals surface area contributed by atoms with E-state index in [-0.39, 0.29) is 5.91 Å². The Kier molecular flexibility index (Phi) is 2.50. The van der Waals surface area contributed by atoms with Gasteiger partial charge in [-0.15, -0.1) is 0 Å². The number of para-hydroxylation sites is 1. The molecule has 0 saturated heterocycles. The fourth-order valence-electron chi connectivity index (χ4n) is 2.61. The highest BCUT2D eigenvalue weighted by Gasteiger charge is 2.16. The van der Waals surface area contributed by atoms with Crippen molar-refractivity contribution in [1.82, 2.24) is 4.57 Å². The molecule has 2 heteroatoms. The number of carbonyl (C=O) groups excluding carboxylic acids is 1. The Morgan fingerprint density at radius 2 is 2.17 bits per heavy atom. The molecule has 2 aromatic rings. The van der Waals surface area contributed by atoms with Gasteiger partial charge in [-0.2, -0.15) is 0 Å². The van der Waals surface area contributed by atoms with Gasteiger partial charge in [0.15, 0.2) is 0 Å². The quantitative estimate of drug-likeness (QED) is 0.735. The van der Waals surface area contributed by atoms with Crippen LogP contribution < -0.4 is 0 Å².